The molecule has 0 saturated heterocycles. The maximum Gasteiger partial charge on any atom is 0.223 e. The molecule has 0 spiro atoms. The third-order valence-corrected chi connectivity index (χ3v) is 4.54. The molecule has 5 heteroatoms. The van der Waals surface area contributed by atoms with Crippen LogP contribution in [-0.4, -0.2) is 38.0 Å². The molecule has 0 atom stereocenters. The van der Waals surface area contributed by atoms with Gasteiger partial charge >= 0.3 is 0 Å². The number of hydrogen-bond donors (Lipinski definition) is 3. The van der Waals surface area contributed by atoms with Crippen molar-refractivity contribution < 1.29 is 4.79 Å². The summed E-state index contributed by atoms with van der Waals surface area (Å²) in [7, 11) is 0. The van der Waals surface area contributed by atoms with Gasteiger partial charge < -0.3 is 16.0 Å². The van der Waals surface area contributed by atoms with Crippen LogP contribution < -0.4 is 16.0 Å². The molecule has 5 nitrogen and oxygen atoms in total. The normalized spacial score (nSPS) is 14.3. The number of hydrogen-bond acceptors (Lipinski definition) is 2. The third-order valence-electron chi connectivity index (χ3n) is 4.54. The summed E-state index contributed by atoms with van der Waals surface area (Å²) in [5.74, 6) is 1.25. The molecule has 26 heavy (non-hydrogen) atoms. The molecule has 3 N–H and O–H groups in total. The molecule has 1 aliphatic carbocycles. The molecular formula is C21H28N4O. The first-order valence-corrected chi connectivity index (χ1v) is 9.54. The van der Waals surface area contributed by atoms with E-state index in [9.17, 15) is 4.79 Å². The largest absolute Gasteiger partial charge is 0.357 e. The first-order chi connectivity index (χ1) is 12.8. The number of carbonyl (C=O) groups excluding carboxylic acids is 1. The maximum atomic E-state index is 11.6. The average molecular weight is 352 g/mol. The molecule has 138 valence electrons. The van der Waals surface area contributed by atoms with Crippen LogP contribution in [0.4, 0.5) is 0 Å². The topological polar surface area (TPSA) is 65.5 Å². The smallest absolute Gasteiger partial charge is 0.223 e. The lowest BCUT2D eigenvalue weighted by Crippen LogP contribution is -2.41. The summed E-state index contributed by atoms with van der Waals surface area (Å²) in [5.41, 5.74) is 1.32. The number of rotatable bonds is 8. The summed E-state index contributed by atoms with van der Waals surface area (Å²) in [5, 5.41) is 12.1. The zero-order chi connectivity index (χ0) is 18.2. The van der Waals surface area contributed by atoms with Crippen molar-refractivity contribution in [2.24, 2.45) is 10.9 Å². The summed E-state index contributed by atoms with van der Waals surface area (Å²) in [4.78, 5) is 16.3. The van der Waals surface area contributed by atoms with Crippen LogP contribution in [0.2, 0.25) is 0 Å². The van der Waals surface area contributed by atoms with E-state index in [1.807, 2.05) is 0 Å². The molecule has 1 saturated carbocycles. The predicted octanol–water partition coefficient (Wildman–Crippen LogP) is 2.46. The van der Waals surface area contributed by atoms with Gasteiger partial charge in [-0.15, -0.1) is 0 Å². The van der Waals surface area contributed by atoms with Crippen LogP contribution in [0.25, 0.3) is 10.8 Å². The number of carbonyl (C=O) groups is 1. The van der Waals surface area contributed by atoms with Crippen LogP contribution in [0.15, 0.2) is 47.5 Å². The number of benzene rings is 2. The molecule has 3 rings (SSSR count). The second-order valence-electron chi connectivity index (χ2n) is 6.64. The number of amides is 1. The molecule has 0 heterocycles. The lowest BCUT2D eigenvalue weighted by Gasteiger charge is -2.12. The van der Waals surface area contributed by atoms with Crippen molar-refractivity contribution in [1.82, 2.24) is 16.0 Å². The van der Waals surface area contributed by atoms with Gasteiger partial charge in [0.15, 0.2) is 5.96 Å². The monoisotopic (exact) mass is 352 g/mol. The maximum absolute atomic E-state index is 11.6. The second-order valence-corrected chi connectivity index (χ2v) is 6.64. The quantitative estimate of drug-likeness (QED) is 0.388. The number of fused-ring (bicyclic) bond motifs is 1. The minimum atomic E-state index is 0.185. The first-order valence-electron chi connectivity index (χ1n) is 9.54. The molecular weight excluding hydrogens is 324 g/mol. The minimum Gasteiger partial charge on any atom is -0.357 e. The number of aliphatic imine (C=N–C) groups is 1. The SMILES string of the molecule is CCNC(=NCCc1cccc2ccccc12)NCCNC(=O)C1CC1. The second kappa shape index (κ2) is 9.22. The highest BCUT2D eigenvalue weighted by molar-refractivity contribution is 5.85. The molecule has 0 aliphatic heterocycles. The van der Waals surface area contributed by atoms with E-state index in [1.54, 1.807) is 0 Å². The Balaban J connectivity index is 1.49. The molecule has 0 aromatic heterocycles. The van der Waals surface area contributed by atoms with E-state index < -0.39 is 0 Å². The van der Waals surface area contributed by atoms with Gasteiger partial charge in [-0.25, -0.2) is 0 Å². The van der Waals surface area contributed by atoms with Crippen molar-refractivity contribution in [2.45, 2.75) is 26.2 Å². The molecule has 1 amide bonds. The minimum absolute atomic E-state index is 0.185. The Kier molecular flexibility index (Phi) is 6.47. The van der Waals surface area contributed by atoms with Gasteiger partial charge in [-0.1, -0.05) is 42.5 Å². The molecule has 1 aliphatic rings. The summed E-state index contributed by atoms with van der Waals surface area (Å²) >= 11 is 0. The van der Waals surface area contributed by atoms with Crippen LogP contribution in [0.1, 0.15) is 25.3 Å². The Labute approximate surface area is 155 Å². The Bertz CT molecular complexity index is 762. The van der Waals surface area contributed by atoms with Crippen LogP contribution in [0.5, 0.6) is 0 Å². The predicted molar refractivity (Wildman–Crippen MR) is 107 cm³/mol. The highest BCUT2D eigenvalue weighted by Gasteiger charge is 2.28. The fourth-order valence-corrected chi connectivity index (χ4v) is 3.00. The Morgan fingerprint density at radius 2 is 1.81 bits per heavy atom. The van der Waals surface area contributed by atoms with Gasteiger partial charge in [0.2, 0.25) is 5.91 Å². The summed E-state index contributed by atoms with van der Waals surface area (Å²) in [6, 6.07) is 14.9. The van der Waals surface area contributed by atoms with Crippen LogP contribution >= 0.6 is 0 Å². The van der Waals surface area contributed by atoms with E-state index in [-0.39, 0.29) is 11.8 Å². The fourth-order valence-electron chi connectivity index (χ4n) is 3.00. The van der Waals surface area contributed by atoms with E-state index in [4.69, 9.17) is 0 Å². The number of nitrogens with zero attached hydrogens (tertiary/aromatic N) is 1. The molecule has 0 bridgehead atoms. The Morgan fingerprint density at radius 3 is 2.62 bits per heavy atom. The summed E-state index contributed by atoms with van der Waals surface area (Å²) in [6.45, 7) is 4.89. The molecule has 0 unspecified atom stereocenters. The number of guanidine groups is 1. The van der Waals surface area contributed by atoms with Gasteiger partial charge in [-0.3, -0.25) is 9.79 Å². The molecule has 1 fully saturated rings. The first kappa shape index (κ1) is 18.2. The van der Waals surface area contributed by atoms with Crippen LogP contribution in [0.3, 0.4) is 0 Å². The van der Waals surface area contributed by atoms with Crippen molar-refractivity contribution in [3.63, 3.8) is 0 Å². The van der Waals surface area contributed by atoms with Gasteiger partial charge in [0.05, 0.1) is 0 Å². The molecule has 0 radical (unpaired) electrons. The fraction of sp³-hybridized carbons (Fsp3) is 0.429. The van der Waals surface area contributed by atoms with Crippen molar-refractivity contribution in [2.75, 3.05) is 26.2 Å². The summed E-state index contributed by atoms with van der Waals surface area (Å²) < 4.78 is 0. The van der Waals surface area contributed by atoms with Gasteiger partial charge in [0.25, 0.3) is 0 Å². The average Bonchev–Trinajstić information content (AvgIpc) is 3.50. The lowest BCUT2D eigenvalue weighted by molar-refractivity contribution is -0.122. The van der Waals surface area contributed by atoms with Gasteiger partial charge in [-0.2, -0.15) is 0 Å². The Morgan fingerprint density at radius 1 is 1.04 bits per heavy atom. The van der Waals surface area contributed by atoms with Gasteiger partial charge in [0, 0.05) is 32.1 Å². The van der Waals surface area contributed by atoms with Crippen molar-refractivity contribution >= 4 is 22.6 Å². The number of nitrogens with one attached hydrogen (secondary N) is 3. The highest BCUT2D eigenvalue weighted by Crippen LogP contribution is 2.28. The molecule has 2 aromatic rings. The van der Waals surface area contributed by atoms with Gasteiger partial charge in [0.1, 0.15) is 0 Å². The zero-order valence-electron chi connectivity index (χ0n) is 15.4. The standard InChI is InChI=1S/C21H28N4O/c1-2-22-21(25-15-14-23-20(26)18-10-11-18)24-13-12-17-8-5-7-16-6-3-4-9-19(16)17/h3-9,18H,2,10-15H2,1H3,(H,23,26)(H2,22,24,25). The highest BCUT2D eigenvalue weighted by atomic mass is 16.2. The van der Waals surface area contributed by atoms with Crippen LogP contribution in [-0.2, 0) is 11.2 Å². The van der Waals surface area contributed by atoms with Crippen molar-refractivity contribution in [3.05, 3.63) is 48.0 Å². The summed E-state index contributed by atoms with van der Waals surface area (Å²) in [6.07, 6.45) is 2.98. The van der Waals surface area contributed by atoms with E-state index in [2.05, 4.69) is 70.3 Å². The Hall–Kier alpha value is -2.56. The van der Waals surface area contributed by atoms with E-state index >= 15 is 0 Å². The lowest BCUT2D eigenvalue weighted by atomic mass is 10.0. The third kappa shape index (κ3) is 5.22. The van der Waals surface area contributed by atoms with Crippen molar-refractivity contribution in [1.29, 1.82) is 0 Å². The van der Waals surface area contributed by atoms with Crippen LogP contribution in [0, 0.1) is 5.92 Å². The van der Waals surface area contributed by atoms with Gasteiger partial charge in [-0.05, 0) is 42.5 Å². The molecule has 2 aromatic carbocycles. The van der Waals surface area contributed by atoms with E-state index in [1.165, 1.54) is 16.3 Å². The van der Waals surface area contributed by atoms with E-state index in [0.717, 1.165) is 38.3 Å². The zero-order valence-corrected chi connectivity index (χ0v) is 15.4. The van der Waals surface area contributed by atoms with Crippen molar-refractivity contribution in [3.8, 4) is 0 Å². The van der Waals surface area contributed by atoms with E-state index in [0.29, 0.717) is 13.1 Å².